The highest BCUT2D eigenvalue weighted by atomic mass is 35.5. The molecule has 0 bridgehead atoms. The van der Waals surface area contributed by atoms with Crippen molar-refractivity contribution in [3.8, 4) is 5.75 Å². The summed E-state index contributed by atoms with van der Waals surface area (Å²) in [6, 6.07) is 2.59. The summed E-state index contributed by atoms with van der Waals surface area (Å²) in [7, 11) is 0. The number of fused-ring (bicyclic) bond motifs is 3. The molecule has 0 radical (unpaired) electrons. The predicted octanol–water partition coefficient (Wildman–Crippen LogP) is 3.35. The maximum atomic E-state index is 14.4. The number of amides is 3. The van der Waals surface area contributed by atoms with Gasteiger partial charge in [-0.3, -0.25) is 19.2 Å². The van der Waals surface area contributed by atoms with Crippen LogP contribution in [0.5, 0.6) is 5.75 Å². The van der Waals surface area contributed by atoms with Crippen LogP contribution >= 0.6 is 11.6 Å². The smallest absolute Gasteiger partial charge is 0.416 e. The van der Waals surface area contributed by atoms with Crippen LogP contribution < -0.4 is 10.9 Å². The number of ether oxygens (including phenoxy) is 1. The number of carbonyl (C=O) groups excluding carboxylic acids is 3. The molecule has 7 rings (SSSR count). The van der Waals surface area contributed by atoms with E-state index in [9.17, 15) is 37.5 Å². The fraction of sp³-hybridized carbons (Fsp3) is 0.412. The Hall–Kier alpha value is -5.36. The van der Waals surface area contributed by atoms with Crippen molar-refractivity contribution in [2.75, 3.05) is 38.1 Å². The first-order valence-corrected chi connectivity index (χ1v) is 17.1. The van der Waals surface area contributed by atoms with E-state index >= 15 is 0 Å². The maximum Gasteiger partial charge on any atom is 0.416 e. The summed E-state index contributed by atoms with van der Waals surface area (Å²) in [5.41, 5.74) is -1.17. The van der Waals surface area contributed by atoms with Gasteiger partial charge >= 0.3 is 6.18 Å². The van der Waals surface area contributed by atoms with Gasteiger partial charge in [0.25, 0.3) is 11.5 Å². The van der Waals surface area contributed by atoms with Crippen molar-refractivity contribution in [2.45, 2.75) is 57.9 Å². The molecule has 4 aromatic rings. The number of halogens is 4. The fourth-order valence-electron chi connectivity index (χ4n) is 7.06. The van der Waals surface area contributed by atoms with Crippen molar-refractivity contribution < 1.29 is 37.4 Å². The number of aromatic hydroxyl groups is 1. The van der Waals surface area contributed by atoms with Gasteiger partial charge in [-0.05, 0) is 50.0 Å². The van der Waals surface area contributed by atoms with E-state index in [-0.39, 0.29) is 89.9 Å². The number of benzene rings is 1. The van der Waals surface area contributed by atoms with Crippen LogP contribution in [0.25, 0.3) is 11.4 Å². The quantitative estimate of drug-likeness (QED) is 0.307. The number of piperidine rings is 1. The standard InChI is InChI=1S/C34H33ClF3N9O6/c1-18-28(50)27(40-17-39-18)31(52)45-12-8-33(9-13-45)26-24(7-14-53-33)46(16-25(49)41-23-4-3-21(15-22(23)35)34(36,37)38)32-42-29(43-47(32)30(26)51)20-5-10-44(11-6-20)19(2)48/h3-5,15,17,50H,6-14,16H2,1-2H3,(H,41,49). The van der Waals surface area contributed by atoms with Crippen LogP contribution in [0.3, 0.4) is 0 Å². The third kappa shape index (κ3) is 6.60. The highest BCUT2D eigenvalue weighted by molar-refractivity contribution is 6.33. The summed E-state index contributed by atoms with van der Waals surface area (Å²) < 4.78 is 48.8. The highest BCUT2D eigenvalue weighted by Gasteiger charge is 2.46. The summed E-state index contributed by atoms with van der Waals surface area (Å²) in [4.78, 5) is 69.1. The Morgan fingerprint density at radius 3 is 2.51 bits per heavy atom. The second-order valence-electron chi connectivity index (χ2n) is 13.1. The lowest BCUT2D eigenvalue weighted by Gasteiger charge is -2.44. The average molecular weight is 756 g/mol. The number of anilines is 1. The zero-order valence-electron chi connectivity index (χ0n) is 28.5. The summed E-state index contributed by atoms with van der Waals surface area (Å²) in [6.07, 6.45) is -0.604. The van der Waals surface area contributed by atoms with Crippen LogP contribution in [0.2, 0.25) is 5.02 Å². The Kier molecular flexibility index (Phi) is 9.22. The van der Waals surface area contributed by atoms with Crippen LogP contribution in [0, 0.1) is 6.92 Å². The van der Waals surface area contributed by atoms with E-state index in [4.69, 9.17) is 21.3 Å². The molecule has 278 valence electrons. The average Bonchev–Trinajstić information content (AvgIpc) is 3.58. The summed E-state index contributed by atoms with van der Waals surface area (Å²) in [5, 5.41) is 17.3. The molecule has 0 aliphatic carbocycles. The summed E-state index contributed by atoms with van der Waals surface area (Å²) in [6.45, 7) is 3.83. The Balaban J connectivity index is 1.26. The molecule has 15 nitrogen and oxygen atoms in total. The number of rotatable bonds is 5. The summed E-state index contributed by atoms with van der Waals surface area (Å²) in [5.74, 6) is -1.26. The van der Waals surface area contributed by atoms with E-state index < -0.39 is 41.3 Å². The molecule has 2 N–H and O–H groups in total. The third-order valence-corrected chi connectivity index (χ3v) is 10.2. The Morgan fingerprint density at radius 2 is 1.85 bits per heavy atom. The minimum absolute atomic E-state index is 0.0399. The molecule has 1 saturated heterocycles. The highest BCUT2D eigenvalue weighted by Crippen LogP contribution is 2.41. The molecule has 3 amide bonds. The van der Waals surface area contributed by atoms with Crippen LogP contribution in [-0.2, 0) is 39.1 Å². The molecular weight excluding hydrogens is 723 g/mol. The van der Waals surface area contributed by atoms with Gasteiger partial charge in [0.2, 0.25) is 17.6 Å². The molecule has 19 heteroatoms. The van der Waals surface area contributed by atoms with Crippen molar-refractivity contribution in [1.29, 1.82) is 0 Å². The number of aryl methyl sites for hydroxylation is 1. The summed E-state index contributed by atoms with van der Waals surface area (Å²) >= 11 is 6.13. The van der Waals surface area contributed by atoms with Gasteiger partial charge in [0.15, 0.2) is 17.3 Å². The van der Waals surface area contributed by atoms with Crippen molar-refractivity contribution >= 4 is 46.4 Å². The first-order valence-electron chi connectivity index (χ1n) is 16.7. The van der Waals surface area contributed by atoms with E-state index in [1.807, 2.05) is 6.08 Å². The van der Waals surface area contributed by atoms with Gasteiger partial charge in [-0.2, -0.15) is 22.7 Å². The molecule has 3 aliphatic rings. The number of carbonyl (C=O) groups is 3. The molecule has 1 spiro atoms. The molecule has 6 heterocycles. The number of likely N-dealkylation sites (tertiary alicyclic amines) is 1. The Bertz CT molecular complexity index is 2260. The van der Waals surface area contributed by atoms with Crippen LogP contribution in [0.1, 0.15) is 65.0 Å². The Labute approximate surface area is 304 Å². The number of hydrogen-bond acceptors (Lipinski definition) is 10. The second kappa shape index (κ2) is 13.6. The van der Waals surface area contributed by atoms with E-state index in [1.54, 1.807) is 16.4 Å². The molecule has 0 unspecified atom stereocenters. The minimum Gasteiger partial charge on any atom is -0.504 e. The first-order chi connectivity index (χ1) is 25.2. The van der Waals surface area contributed by atoms with Crippen molar-refractivity contribution in [3.05, 3.63) is 80.0 Å². The van der Waals surface area contributed by atoms with Crippen molar-refractivity contribution in [2.24, 2.45) is 0 Å². The molecule has 0 saturated carbocycles. The molecular formula is C34H33ClF3N9O6. The first kappa shape index (κ1) is 36.0. The van der Waals surface area contributed by atoms with Crippen LogP contribution in [0.15, 0.2) is 35.4 Å². The largest absolute Gasteiger partial charge is 0.504 e. The number of nitrogens with one attached hydrogen (secondary N) is 1. The number of alkyl halides is 3. The molecule has 1 aromatic carbocycles. The van der Waals surface area contributed by atoms with Gasteiger partial charge in [0.1, 0.15) is 18.5 Å². The second-order valence-corrected chi connectivity index (χ2v) is 13.5. The monoisotopic (exact) mass is 755 g/mol. The zero-order chi connectivity index (χ0) is 37.8. The molecule has 3 aromatic heterocycles. The lowest BCUT2D eigenvalue weighted by Crippen LogP contribution is -2.52. The van der Waals surface area contributed by atoms with Crippen molar-refractivity contribution in [1.82, 2.24) is 38.9 Å². The topological polar surface area (TPSA) is 177 Å². The van der Waals surface area contributed by atoms with Gasteiger partial charge in [-0.25, -0.2) is 9.97 Å². The molecule has 53 heavy (non-hydrogen) atoms. The van der Waals surface area contributed by atoms with Gasteiger partial charge < -0.3 is 29.5 Å². The molecule has 0 atom stereocenters. The van der Waals surface area contributed by atoms with Gasteiger partial charge in [-0.15, -0.1) is 5.10 Å². The normalized spacial score (nSPS) is 17.1. The SMILES string of the molecule is CC(=O)N1CC=C(c2nc3n(CC(=O)Nc4ccc(C(F)(F)F)cc4Cl)c4c(c(=O)n3n2)C2(CCN(C(=O)c3ncnc(C)c3O)CC2)OCC4)CC1. The van der Waals surface area contributed by atoms with E-state index in [0.717, 1.165) is 22.7 Å². The van der Waals surface area contributed by atoms with Gasteiger partial charge in [-0.1, -0.05) is 17.7 Å². The van der Waals surface area contributed by atoms with E-state index in [0.29, 0.717) is 30.8 Å². The van der Waals surface area contributed by atoms with E-state index in [1.165, 1.54) is 18.2 Å². The predicted molar refractivity (Wildman–Crippen MR) is 182 cm³/mol. The fourth-order valence-corrected chi connectivity index (χ4v) is 7.29. The van der Waals surface area contributed by atoms with Gasteiger partial charge in [0, 0.05) is 45.2 Å². The molecule has 3 aliphatic heterocycles. The van der Waals surface area contributed by atoms with Crippen molar-refractivity contribution in [3.63, 3.8) is 0 Å². The maximum absolute atomic E-state index is 14.4. The van der Waals surface area contributed by atoms with Crippen LogP contribution in [-0.4, -0.2) is 94.5 Å². The lowest BCUT2D eigenvalue weighted by molar-refractivity contribution is -0.137. The lowest BCUT2D eigenvalue weighted by atomic mass is 9.81. The molecule has 1 fully saturated rings. The van der Waals surface area contributed by atoms with E-state index in [2.05, 4.69) is 20.4 Å². The van der Waals surface area contributed by atoms with Gasteiger partial charge in [0.05, 0.1) is 34.1 Å². The Morgan fingerprint density at radius 1 is 1.09 bits per heavy atom. The number of aromatic nitrogens is 6. The number of hydrogen-bond donors (Lipinski definition) is 2. The number of nitrogens with zero attached hydrogens (tertiary/aromatic N) is 8. The zero-order valence-corrected chi connectivity index (χ0v) is 29.3. The minimum atomic E-state index is -4.63. The van der Waals surface area contributed by atoms with Crippen LogP contribution in [0.4, 0.5) is 18.9 Å². The third-order valence-electron chi connectivity index (χ3n) is 9.90.